The minimum absolute atomic E-state index is 0.0654. The average molecular weight is 469 g/mol. The summed E-state index contributed by atoms with van der Waals surface area (Å²) in [4.78, 5) is 25.0. The van der Waals surface area contributed by atoms with Gasteiger partial charge < -0.3 is 10.1 Å². The van der Waals surface area contributed by atoms with E-state index in [0.29, 0.717) is 21.3 Å². The van der Waals surface area contributed by atoms with Gasteiger partial charge in [-0.2, -0.15) is 0 Å². The SMILES string of the molecule is COC(=O)c1c(-c2ccc(F)cc2)csc1NC(=O)CSc1nncn1-c1ccccc1. The predicted molar refractivity (Wildman–Crippen MR) is 122 cm³/mol. The van der Waals surface area contributed by atoms with E-state index in [4.69, 9.17) is 4.74 Å². The van der Waals surface area contributed by atoms with Gasteiger partial charge in [-0.25, -0.2) is 9.18 Å². The first-order valence-electron chi connectivity index (χ1n) is 9.40. The topological polar surface area (TPSA) is 86.1 Å². The summed E-state index contributed by atoms with van der Waals surface area (Å²) in [6.07, 6.45) is 1.58. The van der Waals surface area contributed by atoms with Crippen LogP contribution in [0.3, 0.4) is 0 Å². The molecular weight excluding hydrogens is 451 g/mol. The first kappa shape index (κ1) is 21.7. The fourth-order valence-electron chi connectivity index (χ4n) is 2.98. The van der Waals surface area contributed by atoms with Crippen molar-refractivity contribution in [3.8, 4) is 16.8 Å². The number of benzene rings is 2. The molecule has 10 heteroatoms. The number of hydrogen-bond acceptors (Lipinski definition) is 7. The minimum atomic E-state index is -0.586. The van der Waals surface area contributed by atoms with Gasteiger partial charge in [0.05, 0.1) is 12.9 Å². The molecule has 7 nitrogen and oxygen atoms in total. The number of nitrogens with one attached hydrogen (secondary N) is 1. The number of amides is 1. The number of thioether (sulfide) groups is 1. The highest BCUT2D eigenvalue weighted by molar-refractivity contribution is 7.99. The maximum atomic E-state index is 13.3. The lowest BCUT2D eigenvalue weighted by Crippen LogP contribution is -2.16. The number of carbonyl (C=O) groups is 2. The molecule has 32 heavy (non-hydrogen) atoms. The molecule has 162 valence electrons. The Labute approximate surface area is 191 Å². The van der Waals surface area contributed by atoms with Crippen LogP contribution in [-0.4, -0.2) is 39.5 Å². The van der Waals surface area contributed by atoms with E-state index in [9.17, 15) is 14.0 Å². The van der Waals surface area contributed by atoms with E-state index in [0.717, 1.165) is 5.69 Å². The normalized spacial score (nSPS) is 10.7. The monoisotopic (exact) mass is 468 g/mol. The summed E-state index contributed by atoms with van der Waals surface area (Å²) in [5, 5.41) is 13.4. The van der Waals surface area contributed by atoms with E-state index in [1.165, 1.54) is 42.3 Å². The van der Waals surface area contributed by atoms with Gasteiger partial charge in [0.25, 0.3) is 0 Å². The summed E-state index contributed by atoms with van der Waals surface area (Å²) in [6.45, 7) is 0. The van der Waals surface area contributed by atoms with Crippen LogP contribution in [0.5, 0.6) is 0 Å². The molecule has 0 fully saturated rings. The zero-order chi connectivity index (χ0) is 22.5. The summed E-state index contributed by atoms with van der Waals surface area (Å²) < 4.78 is 20.0. The number of esters is 1. The smallest absolute Gasteiger partial charge is 0.341 e. The van der Waals surface area contributed by atoms with E-state index < -0.39 is 5.97 Å². The number of hydrogen-bond donors (Lipinski definition) is 1. The molecule has 0 aliphatic heterocycles. The van der Waals surface area contributed by atoms with Gasteiger partial charge in [0.15, 0.2) is 5.16 Å². The van der Waals surface area contributed by atoms with E-state index in [1.807, 2.05) is 30.3 Å². The molecule has 0 bridgehead atoms. The number of anilines is 1. The van der Waals surface area contributed by atoms with Crippen LogP contribution in [-0.2, 0) is 9.53 Å². The van der Waals surface area contributed by atoms with Crippen LogP contribution >= 0.6 is 23.1 Å². The second-order valence-corrected chi connectivity index (χ2v) is 8.33. The lowest BCUT2D eigenvalue weighted by Gasteiger charge is -2.08. The van der Waals surface area contributed by atoms with Crippen molar-refractivity contribution in [3.05, 3.63) is 77.7 Å². The lowest BCUT2D eigenvalue weighted by atomic mass is 10.0. The van der Waals surface area contributed by atoms with Crippen LogP contribution in [0.2, 0.25) is 0 Å². The Morgan fingerprint density at radius 2 is 1.91 bits per heavy atom. The van der Waals surface area contributed by atoms with E-state index >= 15 is 0 Å². The highest BCUT2D eigenvalue weighted by Gasteiger charge is 2.22. The summed E-state index contributed by atoms with van der Waals surface area (Å²) in [7, 11) is 1.27. The van der Waals surface area contributed by atoms with Crippen LogP contribution in [0.1, 0.15) is 10.4 Å². The van der Waals surface area contributed by atoms with Crippen molar-refractivity contribution in [1.29, 1.82) is 0 Å². The molecule has 4 rings (SSSR count). The van der Waals surface area contributed by atoms with Crippen molar-refractivity contribution in [2.24, 2.45) is 0 Å². The molecule has 0 spiro atoms. The zero-order valence-electron chi connectivity index (χ0n) is 16.8. The zero-order valence-corrected chi connectivity index (χ0v) is 18.5. The largest absolute Gasteiger partial charge is 0.465 e. The molecule has 0 saturated heterocycles. The van der Waals surface area contributed by atoms with Crippen LogP contribution < -0.4 is 5.32 Å². The van der Waals surface area contributed by atoms with Crippen molar-refractivity contribution in [1.82, 2.24) is 14.8 Å². The van der Waals surface area contributed by atoms with Crippen LogP contribution in [0.25, 0.3) is 16.8 Å². The molecule has 0 radical (unpaired) electrons. The van der Waals surface area contributed by atoms with Gasteiger partial charge >= 0.3 is 5.97 Å². The number of aromatic nitrogens is 3. The maximum absolute atomic E-state index is 13.3. The quantitative estimate of drug-likeness (QED) is 0.314. The first-order valence-corrected chi connectivity index (χ1v) is 11.3. The molecule has 2 aromatic heterocycles. The molecule has 1 amide bonds. The Morgan fingerprint density at radius 3 is 2.62 bits per heavy atom. The van der Waals surface area contributed by atoms with Crippen LogP contribution in [0, 0.1) is 5.82 Å². The molecule has 0 unspecified atom stereocenters. The van der Waals surface area contributed by atoms with Crippen molar-refractivity contribution in [3.63, 3.8) is 0 Å². The molecule has 0 saturated carbocycles. The number of halogens is 1. The third kappa shape index (κ3) is 4.71. The molecule has 2 aromatic carbocycles. The van der Waals surface area contributed by atoms with Crippen LogP contribution in [0.4, 0.5) is 9.39 Å². The van der Waals surface area contributed by atoms with Gasteiger partial charge in [-0.3, -0.25) is 9.36 Å². The Balaban J connectivity index is 1.50. The van der Waals surface area contributed by atoms with E-state index in [-0.39, 0.29) is 23.0 Å². The van der Waals surface area contributed by atoms with Crippen molar-refractivity contribution in [2.75, 3.05) is 18.2 Å². The van der Waals surface area contributed by atoms with Crippen molar-refractivity contribution >= 4 is 40.0 Å². The number of ether oxygens (including phenoxy) is 1. The predicted octanol–water partition coefficient (Wildman–Crippen LogP) is 4.65. The standard InChI is InChI=1S/C22H17FN4O3S2/c1-30-21(29)19-17(14-7-9-15(23)10-8-14)11-31-20(19)25-18(28)12-32-22-26-24-13-27(22)16-5-3-2-4-6-16/h2-11,13H,12H2,1H3,(H,25,28). The summed E-state index contributed by atoms with van der Waals surface area (Å²) in [5.74, 6) is -1.21. The number of carbonyl (C=O) groups excluding carboxylic acids is 2. The molecule has 2 heterocycles. The van der Waals surface area contributed by atoms with Gasteiger partial charge in [0, 0.05) is 16.6 Å². The molecule has 1 N–H and O–H groups in total. The third-order valence-electron chi connectivity index (χ3n) is 4.47. The summed E-state index contributed by atoms with van der Waals surface area (Å²) in [5.41, 5.74) is 2.33. The number of thiophene rings is 1. The van der Waals surface area contributed by atoms with Gasteiger partial charge in [-0.1, -0.05) is 42.1 Å². The number of nitrogens with zero attached hydrogens (tertiary/aromatic N) is 3. The Hall–Kier alpha value is -3.50. The lowest BCUT2D eigenvalue weighted by molar-refractivity contribution is -0.113. The van der Waals surface area contributed by atoms with E-state index in [2.05, 4.69) is 15.5 Å². The van der Waals surface area contributed by atoms with Crippen LogP contribution in [0.15, 0.2) is 71.5 Å². The Morgan fingerprint density at radius 1 is 1.16 bits per heavy atom. The average Bonchev–Trinajstić information content (AvgIpc) is 3.45. The number of methoxy groups -OCH3 is 1. The second-order valence-electron chi connectivity index (χ2n) is 6.51. The minimum Gasteiger partial charge on any atom is -0.465 e. The van der Waals surface area contributed by atoms with Gasteiger partial charge in [-0.05, 0) is 29.8 Å². The van der Waals surface area contributed by atoms with Gasteiger partial charge in [0.2, 0.25) is 5.91 Å². The fourth-order valence-corrected chi connectivity index (χ4v) is 4.68. The number of para-hydroxylation sites is 1. The third-order valence-corrected chi connectivity index (χ3v) is 6.31. The Kier molecular flexibility index (Phi) is 6.62. The van der Waals surface area contributed by atoms with Gasteiger partial charge in [0.1, 0.15) is 22.7 Å². The number of rotatable bonds is 7. The van der Waals surface area contributed by atoms with E-state index in [1.54, 1.807) is 28.4 Å². The fraction of sp³-hybridized carbons (Fsp3) is 0.0909. The Bertz CT molecular complexity index is 1240. The maximum Gasteiger partial charge on any atom is 0.341 e. The molecule has 0 aliphatic rings. The molecular formula is C22H17FN4O3S2. The summed E-state index contributed by atoms with van der Waals surface area (Å²) in [6, 6.07) is 15.3. The molecule has 0 aliphatic carbocycles. The molecule has 0 atom stereocenters. The highest BCUT2D eigenvalue weighted by Crippen LogP contribution is 2.36. The summed E-state index contributed by atoms with van der Waals surface area (Å²) >= 11 is 2.43. The highest BCUT2D eigenvalue weighted by atomic mass is 32.2. The second kappa shape index (κ2) is 9.75. The van der Waals surface area contributed by atoms with Crippen molar-refractivity contribution in [2.45, 2.75) is 5.16 Å². The van der Waals surface area contributed by atoms with Crippen molar-refractivity contribution < 1.29 is 18.7 Å². The van der Waals surface area contributed by atoms with Gasteiger partial charge in [-0.15, -0.1) is 21.5 Å². The first-order chi connectivity index (χ1) is 15.6. The molecule has 4 aromatic rings.